The molecule has 0 saturated heterocycles. The highest BCUT2D eigenvalue weighted by atomic mass is 16.5. The topological polar surface area (TPSA) is 85.3 Å². The van der Waals surface area contributed by atoms with Crippen LogP contribution in [0.15, 0.2) is 28.8 Å². The van der Waals surface area contributed by atoms with Gasteiger partial charge in [0, 0.05) is 0 Å². The molecule has 0 amide bonds. The Balaban J connectivity index is 1.90. The predicted molar refractivity (Wildman–Crippen MR) is 81.6 cm³/mol. The second-order valence-corrected chi connectivity index (χ2v) is 5.17. The fourth-order valence-corrected chi connectivity index (χ4v) is 2.00. The van der Waals surface area contributed by atoms with Crippen molar-refractivity contribution in [3.63, 3.8) is 0 Å². The van der Waals surface area contributed by atoms with Crippen LogP contribution in [-0.2, 0) is 22.6 Å². The van der Waals surface area contributed by atoms with Crippen molar-refractivity contribution in [1.29, 1.82) is 5.26 Å². The Morgan fingerprint density at radius 1 is 1.35 bits per heavy atom. The molecule has 0 saturated carbocycles. The molecule has 6 nitrogen and oxygen atoms in total. The monoisotopic (exact) mass is 314 g/mol. The molecule has 0 radical (unpaired) electrons. The Hall–Kier alpha value is -2.81. The van der Waals surface area contributed by atoms with E-state index in [2.05, 4.69) is 5.16 Å². The zero-order chi connectivity index (χ0) is 16.8. The molecule has 0 aliphatic heterocycles. The van der Waals surface area contributed by atoms with Crippen LogP contribution in [0.3, 0.4) is 0 Å². The number of carbonyl (C=O) groups excluding carboxylic acids is 1. The van der Waals surface area contributed by atoms with E-state index >= 15 is 0 Å². The Morgan fingerprint density at radius 2 is 2.04 bits per heavy atom. The minimum Gasteiger partial charge on any atom is -0.489 e. The van der Waals surface area contributed by atoms with Gasteiger partial charge in [0.2, 0.25) is 0 Å². The maximum Gasteiger partial charge on any atom is 0.311 e. The molecule has 1 aromatic heterocycles. The van der Waals surface area contributed by atoms with Gasteiger partial charge in [-0.15, -0.1) is 0 Å². The summed E-state index contributed by atoms with van der Waals surface area (Å²) >= 11 is 0. The van der Waals surface area contributed by atoms with Crippen molar-refractivity contribution in [3.05, 3.63) is 46.8 Å². The van der Waals surface area contributed by atoms with E-state index in [4.69, 9.17) is 19.3 Å². The van der Waals surface area contributed by atoms with Gasteiger partial charge in [-0.2, -0.15) is 5.26 Å². The first-order valence-corrected chi connectivity index (χ1v) is 7.22. The van der Waals surface area contributed by atoms with Crippen molar-refractivity contribution in [2.45, 2.75) is 39.9 Å². The number of esters is 1. The van der Waals surface area contributed by atoms with E-state index in [-0.39, 0.29) is 6.42 Å². The number of hydrogen-bond donors (Lipinski definition) is 0. The van der Waals surface area contributed by atoms with Gasteiger partial charge in [0.25, 0.3) is 0 Å². The highest BCUT2D eigenvalue weighted by Crippen LogP contribution is 2.18. The maximum atomic E-state index is 11.6. The van der Waals surface area contributed by atoms with Crippen LogP contribution in [0.1, 0.15) is 29.5 Å². The van der Waals surface area contributed by atoms with Gasteiger partial charge in [0.15, 0.2) is 6.10 Å². The normalized spacial score (nSPS) is 11.6. The quantitative estimate of drug-likeness (QED) is 0.762. The van der Waals surface area contributed by atoms with E-state index in [0.29, 0.717) is 12.4 Å². The summed E-state index contributed by atoms with van der Waals surface area (Å²) in [6, 6.07) is 9.01. The van der Waals surface area contributed by atoms with Gasteiger partial charge in [-0.05, 0) is 38.5 Å². The van der Waals surface area contributed by atoms with E-state index in [1.807, 2.05) is 19.9 Å². The number of hydrogen-bond acceptors (Lipinski definition) is 6. The van der Waals surface area contributed by atoms with Crippen molar-refractivity contribution in [2.75, 3.05) is 0 Å². The second-order valence-electron chi connectivity index (χ2n) is 5.17. The summed E-state index contributed by atoms with van der Waals surface area (Å²) in [5, 5.41) is 12.5. The van der Waals surface area contributed by atoms with Crippen LogP contribution in [0.5, 0.6) is 5.75 Å². The maximum absolute atomic E-state index is 11.6. The summed E-state index contributed by atoms with van der Waals surface area (Å²) in [5.41, 5.74) is 2.54. The van der Waals surface area contributed by atoms with Crippen molar-refractivity contribution in [2.24, 2.45) is 0 Å². The number of ether oxygens (including phenoxy) is 2. The van der Waals surface area contributed by atoms with E-state index in [0.717, 1.165) is 22.6 Å². The Bertz CT molecular complexity index is 694. The number of aromatic nitrogens is 1. The van der Waals surface area contributed by atoms with Gasteiger partial charge in [-0.1, -0.05) is 17.3 Å². The second kappa shape index (κ2) is 7.45. The molecule has 2 aromatic rings. The molecule has 0 unspecified atom stereocenters. The number of rotatable bonds is 6. The van der Waals surface area contributed by atoms with Gasteiger partial charge < -0.3 is 14.0 Å². The summed E-state index contributed by atoms with van der Waals surface area (Å²) in [6.45, 7) is 5.62. The third-order valence-corrected chi connectivity index (χ3v) is 3.33. The summed E-state index contributed by atoms with van der Waals surface area (Å²) in [5.74, 6) is 1.00. The average molecular weight is 314 g/mol. The SMILES string of the molecule is Cc1noc(C)c1COc1ccc(CC(=O)O[C@H](C)C#N)cc1. The largest absolute Gasteiger partial charge is 0.489 e. The first kappa shape index (κ1) is 16.6. The predicted octanol–water partition coefficient (Wildman–Crippen LogP) is 2.87. The minimum absolute atomic E-state index is 0.121. The zero-order valence-electron chi connectivity index (χ0n) is 13.3. The van der Waals surface area contributed by atoms with Crippen molar-refractivity contribution in [1.82, 2.24) is 5.16 Å². The number of nitrogens with zero attached hydrogens (tertiary/aromatic N) is 2. The van der Waals surface area contributed by atoms with Crippen LogP contribution in [-0.4, -0.2) is 17.2 Å². The molecular weight excluding hydrogens is 296 g/mol. The smallest absolute Gasteiger partial charge is 0.311 e. The first-order chi connectivity index (χ1) is 11.0. The Labute approximate surface area is 134 Å². The lowest BCUT2D eigenvalue weighted by atomic mass is 10.1. The third kappa shape index (κ3) is 4.58. The fourth-order valence-electron chi connectivity index (χ4n) is 2.00. The Morgan fingerprint density at radius 3 is 2.61 bits per heavy atom. The molecule has 0 fully saturated rings. The molecule has 0 spiro atoms. The molecule has 1 aromatic carbocycles. The van der Waals surface area contributed by atoms with E-state index < -0.39 is 12.1 Å². The number of benzene rings is 1. The molecule has 23 heavy (non-hydrogen) atoms. The third-order valence-electron chi connectivity index (χ3n) is 3.33. The van der Waals surface area contributed by atoms with Crippen LogP contribution in [0.4, 0.5) is 0 Å². The van der Waals surface area contributed by atoms with Gasteiger partial charge in [0.1, 0.15) is 24.2 Å². The lowest BCUT2D eigenvalue weighted by Gasteiger charge is -2.08. The molecular formula is C17H18N2O4. The minimum atomic E-state index is -0.736. The van der Waals surface area contributed by atoms with Crippen LogP contribution in [0.25, 0.3) is 0 Å². The summed E-state index contributed by atoms with van der Waals surface area (Å²) in [6.07, 6.45) is -0.615. The lowest BCUT2D eigenvalue weighted by molar-refractivity contribution is -0.145. The Kier molecular flexibility index (Phi) is 5.36. The average Bonchev–Trinajstić information content (AvgIpc) is 2.85. The summed E-state index contributed by atoms with van der Waals surface area (Å²) in [7, 11) is 0. The van der Waals surface area contributed by atoms with Crippen LogP contribution in [0, 0.1) is 25.2 Å². The van der Waals surface area contributed by atoms with E-state index in [1.54, 1.807) is 24.3 Å². The van der Waals surface area contributed by atoms with Crippen LogP contribution >= 0.6 is 0 Å². The van der Waals surface area contributed by atoms with E-state index in [9.17, 15) is 4.79 Å². The van der Waals surface area contributed by atoms with Crippen molar-refractivity contribution >= 4 is 5.97 Å². The lowest BCUT2D eigenvalue weighted by Crippen LogP contribution is -2.14. The molecule has 6 heteroatoms. The van der Waals surface area contributed by atoms with Crippen molar-refractivity contribution in [3.8, 4) is 11.8 Å². The molecule has 2 rings (SSSR count). The number of carbonyl (C=O) groups is 1. The molecule has 120 valence electrons. The molecule has 0 bridgehead atoms. The van der Waals surface area contributed by atoms with E-state index in [1.165, 1.54) is 6.92 Å². The van der Waals surface area contributed by atoms with Gasteiger partial charge in [-0.3, -0.25) is 4.79 Å². The van der Waals surface area contributed by atoms with Crippen LogP contribution < -0.4 is 4.74 Å². The zero-order valence-corrected chi connectivity index (χ0v) is 13.3. The van der Waals surface area contributed by atoms with Crippen molar-refractivity contribution < 1.29 is 18.8 Å². The standard InChI is InChI=1S/C17H18N2O4/c1-11(9-18)22-17(20)8-14-4-6-15(7-5-14)21-10-16-12(2)19-23-13(16)3/h4-7,11H,8,10H2,1-3H3/t11-/m1/s1. The molecule has 0 aliphatic rings. The van der Waals surface area contributed by atoms with Gasteiger partial charge in [-0.25, -0.2) is 0 Å². The highest BCUT2D eigenvalue weighted by Gasteiger charge is 2.11. The molecule has 0 aliphatic carbocycles. The van der Waals surface area contributed by atoms with Gasteiger partial charge >= 0.3 is 5.97 Å². The summed E-state index contributed by atoms with van der Waals surface area (Å²) in [4.78, 5) is 11.6. The molecule has 1 atom stereocenters. The van der Waals surface area contributed by atoms with Gasteiger partial charge in [0.05, 0.1) is 17.7 Å². The summed E-state index contributed by atoms with van der Waals surface area (Å²) < 4.78 is 15.7. The fraction of sp³-hybridized carbons (Fsp3) is 0.353. The first-order valence-electron chi connectivity index (χ1n) is 7.22. The number of nitriles is 1. The molecule has 1 heterocycles. The van der Waals surface area contributed by atoms with Crippen LogP contribution in [0.2, 0.25) is 0 Å². The molecule has 0 N–H and O–H groups in total. The number of aryl methyl sites for hydroxylation is 2. The highest BCUT2D eigenvalue weighted by molar-refractivity contribution is 5.73.